The van der Waals surface area contributed by atoms with Gasteiger partial charge in [-0.05, 0) is 0 Å². The molecular formula is C6H11ClO3. The summed E-state index contributed by atoms with van der Waals surface area (Å²) in [5.41, 5.74) is 0. The molecule has 0 amide bonds. The van der Waals surface area contributed by atoms with Gasteiger partial charge in [-0.2, -0.15) is 0 Å². The van der Waals surface area contributed by atoms with Crippen LogP contribution in [0.4, 0.5) is 0 Å². The lowest BCUT2D eigenvalue weighted by Crippen LogP contribution is -2.00. The maximum Gasteiger partial charge on any atom is 0.303 e. The van der Waals surface area contributed by atoms with E-state index in [2.05, 4.69) is 0 Å². The van der Waals surface area contributed by atoms with Crippen LogP contribution in [0, 0.1) is 0 Å². The summed E-state index contributed by atoms with van der Waals surface area (Å²) in [5, 5.41) is 8.11. The molecule has 3 nitrogen and oxygen atoms in total. The van der Waals surface area contributed by atoms with Gasteiger partial charge in [-0.1, -0.05) is 6.92 Å². The van der Waals surface area contributed by atoms with E-state index in [4.69, 9.17) is 5.11 Å². The number of ketones is 1. The maximum absolute atomic E-state index is 10.5. The molecule has 0 saturated carbocycles. The molecule has 0 atom stereocenters. The van der Waals surface area contributed by atoms with E-state index in [-0.39, 0.29) is 31.0 Å². The molecule has 0 spiro atoms. The number of carboxylic acid groups (broad SMARTS) is 1. The molecule has 1 N–H and O–H groups in total. The van der Waals surface area contributed by atoms with Crippen LogP contribution in [0.1, 0.15) is 26.2 Å². The van der Waals surface area contributed by atoms with Gasteiger partial charge in [0, 0.05) is 12.8 Å². The molecule has 0 aliphatic carbocycles. The van der Waals surface area contributed by atoms with Crippen LogP contribution in [-0.2, 0) is 9.59 Å². The highest BCUT2D eigenvalue weighted by Crippen LogP contribution is 1.93. The Morgan fingerprint density at radius 1 is 1.30 bits per heavy atom. The Morgan fingerprint density at radius 3 is 2.10 bits per heavy atom. The number of hydrogen-bond acceptors (Lipinski definition) is 2. The van der Waals surface area contributed by atoms with Crippen LogP contribution in [0.15, 0.2) is 0 Å². The van der Waals surface area contributed by atoms with E-state index in [1.807, 2.05) is 0 Å². The SMILES string of the molecule is CCC(=O)CCC(=O)O.Cl. The Hall–Kier alpha value is -0.570. The fraction of sp³-hybridized carbons (Fsp3) is 0.667. The van der Waals surface area contributed by atoms with Crippen LogP contribution in [0.2, 0.25) is 0 Å². The van der Waals surface area contributed by atoms with Crippen molar-refractivity contribution in [2.24, 2.45) is 0 Å². The second-order valence-electron chi connectivity index (χ2n) is 1.79. The van der Waals surface area contributed by atoms with Crippen LogP contribution in [0.3, 0.4) is 0 Å². The first-order valence-corrected chi connectivity index (χ1v) is 2.90. The molecule has 4 heteroatoms. The van der Waals surface area contributed by atoms with Crippen molar-refractivity contribution in [3.8, 4) is 0 Å². The summed E-state index contributed by atoms with van der Waals surface area (Å²) in [6.07, 6.45) is 0.575. The largest absolute Gasteiger partial charge is 0.481 e. The number of rotatable bonds is 4. The normalized spacial score (nSPS) is 8.10. The molecule has 0 rings (SSSR count). The van der Waals surface area contributed by atoms with Crippen LogP contribution in [0.5, 0.6) is 0 Å². The van der Waals surface area contributed by atoms with E-state index in [1.54, 1.807) is 6.92 Å². The Labute approximate surface area is 65.8 Å². The number of aliphatic carboxylic acids is 1. The van der Waals surface area contributed by atoms with Crippen molar-refractivity contribution in [1.82, 2.24) is 0 Å². The average molecular weight is 167 g/mol. The van der Waals surface area contributed by atoms with Gasteiger partial charge in [-0.3, -0.25) is 9.59 Å². The second-order valence-corrected chi connectivity index (χ2v) is 1.79. The van der Waals surface area contributed by atoms with E-state index < -0.39 is 5.97 Å². The monoisotopic (exact) mass is 166 g/mol. The van der Waals surface area contributed by atoms with E-state index in [9.17, 15) is 9.59 Å². The first-order valence-electron chi connectivity index (χ1n) is 2.90. The van der Waals surface area contributed by atoms with Crippen molar-refractivity contribution >= 4 is 24.2 Å². The summed E-state index contributed by atoms with van der Waals surface area (Å²) in [7, 11) is 0. The molecule has 0 aromatic heterocycles. The number of hydrogen-bond donors (Lipinski definition) is 1. The van der Waals surface area contributed by atoms with Gasteiger partial charge in [-0.15, -0.1) is 12.4 Å². The van der Waals surface area contributed by atoms with Gasteiger partial charge in [-0.25, -0.2) is 0 Å². The Kier molecular flexibility index (Phi) is 7.95. The molecule has 0 aliphatic rings. The van der Waals surface area contributed by atoms with Crippen LogP contribution >= 0.6 is 12.4 Å². The zero-order chi connectivity index (χ0) is 7.28. The Morgan fingerprint density at radius 2 is 1.80 bits per heavy atom. The summed E-state index contributed by atoms with van der Waals surface area (Å²) in [4.78, 5) is 20.3. The van der Waals surface area contributed by atoms with Crippen molar-refractivity contribution < 1.29 is 14.7 Å². The first kappa shape index (κ1) is 12.1. The van der Waals surface area contributed by atoms with Gasteiger partial charge in [0.05, 0.1) is 6.42 Å². The number of carbonyl (C=O) groups excluding carboxylic acids is 1. The predicted molar refractivity (Wildman–Crippen MR) is 39.4 cm³/mol. The lowest BCUT2D eigenvalue weighted by atomic mass is 10.2. The Bertz CT molecular complexity index is 122. The van der Waals surface area contributed by atoms with Gasteiger partial charge >= 0.3 is 5.97 Å². The molecule has 10 heavy (non-hydrogen) atoms. The zero-order valence-electron chi connectivity index (χ0n) is 5.79. The molecule has 0 aromatic rings. The van der Waals surface area contributed by atoms with Crippen LogP contribution in [-0.4, -0.2) is 16.9 Å². The van der Waals surface area contributed by atoms with E-state index in [1.165, 1.54) is 0 Å². The third kappa shape index (κ3) is 7.43. The van der Waals surface area contributed by atoms with Crippen molar-refractivity contribution in [2.45, 2.75) is 26.2 Å². The minimum Gasteiger partial charge on any atom is -0.481 e. The minimum absolute atomic E-state index is 0. The van der Waals surface area contributed by atoms with E-state index in [0.29, 0.717) is 6.42 Å². The van der Waals surface area contributed by atoms with E-state index >= 15 is 0 Å². The number of halogens is 1. The van der Waals surface area contributed by atoms with Gasteiger partial charge < -0.3 is 5.11 Å². The summed E-state index contributed by atoms with van der Waals surface area (Å²) in [5.74, 6) is -0.894. The molecule has 0 saturated heterocycles. The highest BCUT2D eigenvalue weighted by molar-refractivity contribution is 5.85. The molecule has 0 bridgehead atoms. The predicted octanol–water partition coefficient (Wildman–Crippen LogP) is 1.25. The highest BCUT2D eigenvalue weighted by Gasteiger charge is 2.01. The molecule has 0 heterocycles. The van der Waals surface area contributed by atoms with Crippen molar-refractivity contribution in [3.63, 3.8) is 0 Å². The van der Waals surface area contributed by atoms with Gasteiger partial charge in [0.25, 0.3) is 0 Å². The van der Waals surface area contributed by atoms with Crippen molar-refractivity contribution in [3.05, 3.63) is 0 Å². The van der Waals surface area contributed by atoms with Gasteiger partial charge in [0.2, 0.25) is 0 Å². The molecule has 0 aliphatic heterocycles. The smallest absolute Gasteiger partial charge is 0.303 e. The fourth-order valence-electron chi connectivity index (χ4n) is 0.423. The molecular weight excluding hydrogens is 156 g/mol. The lowest BCUT2D eigenvalue weighted by Gasteiger charge is -1.90. The quantitative estimate of drug-likeness (QED) is 0.684. The third-order valence-electron chi connectivity index (χ3n) is 1.01. The standard InChI is InChI=1S/C6H10O3.ClH/c1-2-5(7)3-4-6(8)9;/h2-4H2,1H3,(H,8,9);1H. The third-order valence-corrected chi connectivity index (χ3v) is 1.01. The molecule has 60 valence electrons. The molecule has 0 fully saturated rings. The summed E-state index contributed by atoms with van der Waals surface area (Å²) < 4.78 is 0. The van der Waals surface area contributed by atoms with E-state index in [0.717, 1.165) is 0 Å². The summed E-state index contributed by atoms with van der Waals surface area (Å²) in [6, 6.07) is 0. The first-order chi connectivity index (χ1) is 4.16. The average Bonchev–Trinajstić information content (AvgIpc) is 1.83. The summed E-state index contributed by atoms with van der Waals surface area (Å²) in [6.45, 7) is 1.73. The number of carboxylic acids is 1. The fourth-order valence-corrected chi connectivity index (χ4v) is 0.423. The van der Waals surface area contributed by atoms with Crippen LogP contribution in [0.25, 0.3) is 0 Å². The molecule has 0 aromatic carbocycles. The number of Topliss-reactive ketones (excluding diaryl/α,β-unsaturated/α-hetero) is 1. The minimum atomic E-state index is -0.906. The highest BCUT2D eigenvalue weighted by atomic mass is 35.5. The molecule has 0 radical (unpaired) electrons. The Balaban J connectivity index is 0. The van der Waals surface area contributed by atoms with Crippen molar-refractivity contribution in [2.75, 3.05) is 0 Å². The van der Waals surface area contributed by atoms with Gasteiger partial charge in [0.15, 0.2) is 0 Å². The topological polar surface area (TPSA) is 54.4 Å². The van der Waals surface area contributed by atoms with Gasteiger partial charge in [0.1, 0.15) is 5.78 Å². The van der Waals surface area contributed by atoms with Crippen LogP contribution < -0.4 is 0 Å². The lowest BCUT2D eigenvalue weighted by molar-refractivity contribution is -0.138. The number of carbonyl (C=O) groups is 2. The second kappa shape index (κ2) is 6.55. The van der Waals surface area contributed by atoms with Crippen molar-refractivity contribution in [1.29, 1.82) is 0 Å². The summed E-state index contributed by atoms with van der Waals surface area (Å²) >= 11 is 0. The molecule has 0 unspecified atom stereocenters. The maximum atomic E-state index is 10.5. The zero-order valence-corrected chi connectivity index (χ0v) is 6.61.